The predicted octanol–water partition coefficient (Wildman–Crippen LogP) is 1.47. The fourth-order valence-corrected chi connectivity index (χ4v) is 1.23. The lowest BCUT2D eigenvalue weighted by atomic mass is 10.2. The van der Waals surface area contributed by atoms with E-state index in [4.69, 9.17) is 9.84 Å². The average molecular weight is 209 g/mol. The highest BCUT2D eigenvalue weighted by Crippen LogP contribution is 2.14. The van der Waals surface area contributed by atoms with Gasteiger partial charge in [-0.25, -0.2) is 4.79 Å². The molecule has 1 aromatic rings. The molecule has 4 nitrogen and oxygen atoms in total. The summed E-state index contributed by atoms with van der Waals surface area (Å²) in [4.78, 5) is 12.7. The minimum Gasteiger partial charge on any atom is -0.478 e. The van der Waals surface area contributed by atoms with Gasteiger partial charge in [0.1, 0.15) is 0 Å². The first-order chi connectivity index (χ1) is 7.15. The van der Waals surface area contributed by atoms with Gasteiger partial charge in [0.25, 0.3) is 0 Å². The molecule has 0 amide bonds. The van der Waals surface area contributed by atoms with E-state index < -0.39 is 5.97 Å². The second-order valence-corrected chi connectivity index (χ2v) is 3.27. The van der Waals surface area contributed by atoms with Crippen molar-refractivity contribution in [2.75, 3.05) is 32.2 Å². The third-order valence-corrected chi connectivity index (χ3v) is 2.16. The Bertz CT molecular complexity index is 338. The van der Waals surface area contributed by atoms with Crippen molar-refractivity contribution in [3.8, 4) is 0 Å². The van der Waals surface area contributed by atoms with Gasteiger partial charge in [0, 0.05) is 26.4 Å². The van der Waals surface area contributed by atoms with Crippen LogP contribution in [0, 0.1) is 0 Å². The van der Waals surface area contributed by atoms with Crippen molar-refractivity contribution in [2.24, 2.45) is 0 Å². The van der Waals surface area contributed by atoms with Crippen LogP contribution in [0.25, 0.3) is 0 Å². The minimum absolute atomic E-state index is 0.303. The van der Waals surface area contributed by atoms with E-state index in [-0.39, 0.29) is 0 Å². The number of likely N-dealkylation sites (N-methyl/N-ethyl adjacent to an activating group) is 1. The summed E-state index contributed by atoms with van der Waals surface area (Å²) in [7, 11) is 3.54. The molecule has 0 unspecified atom stereocenters. The Morgan fingerprint density at radius 3 is 2.87 bits per heavy atom. The Kier molecular flexibility index (Phi) is 4.12. The summed E-state index contributed by atoms with van der Waals surface area (Å²) >= 11 is 0. The van der Waals surface area contributed by atoms with Crippen LogP contribution in [-0.2, 0) is 4.74 Å². The maximum Gasteiger partial charge on any atom is 0.335 e. The lowest BCUT2D eigenvalue weighted by Gasteiger charge is -2.18. The number of benzene rings is 1. The molecule has 0 spiro atoms. The van der Waals surface area contributed by atoms with E-state index in [1.54, 1.807) is 25.3 Å². The molecule has 0 aliphatic rings. The first kappa shape index (κ1) is 11.5. The Hall–Kier alpha value is -1.55. The monoisotopic (exact) mass is 209 g/mol. The summed E-state index contributed by atoms with van der Waals surface area (Å²) < 4.78 is 4.95. The fraction of sp³-hybridized carbons (Fsp3) is 0.364. The second kappa shape index (κ2) is 5.36. The SMILES string of the molecule is COCCN(C)c1cccc(C(=O)O)c1. The Balaban J connectivity index is 2.76. The van der Waals surface area contributed by atoms with E-state index >= 15 is 0 Å². The van der Waals surface area contributed by atoms with Gasteiger partial charge in [-0.15, -0.1) is 0 Å². The second-order valence-electron chi connectivity index (χ2n) is 3.27. The molecule has 15 heavy (non-hydrogen) atoms. The van der Waals surface area contributed by atoms with Gasteiger partial charge >= 0.3 is 5.97 Å². The molecule has 4 heteroatoms. The lowest BCUT2D eigenvalue weighted by molar-refractivity contribution is 0.0697. The van der Waals surface area contributed by atoms with Crippen LogP contribution in [0.2, 0.25) is 0 Å². The molecule has 0 saturated heterocycles. The van der Waals surface area contributed by atoms with Crippen LogP contribution >= 0.6 is 0 Å². The van der Waals surface area contributed by atoms with E-state index in [2.05, 4.69) is 0 Å². The van der Waals surface area contributed by atoms with Gasteiger partial charge in [0.15, 0.2) is 0 Å². The maximum absolute atomic E-state index is 10.7. The topological polar surface area (TPSA) is 49.8 Å². The number of carboxylic acids is 1. The van der Waals surface area contributed by atoms with Crippen molar-refractivity contribution in [1.29, 1.82) is 0 Å². The van der Waals surface area contributed by atoms with Crippen LogP contribution < -0.4 is 4.90 Å². The zero-order valence-electron chi connectivity index (χ0n) is 8.93. The van der Waals surface area contributed by atoms with Crippen LogP contribution in [0.15, 0.2) is 24.3 Å². The number of carbonyl (C=O) groups is 1. The number of ether oxygens (including phenoxy) is 1. The first-order valence-corrected chi connectivity index (χ1v) is 4.68. The van der Waals surface area contributed by atoms with Gasteiger partial charge in [-0.05, 0) is 18.2 Å². The van der Waals surface area contributed by atoms with Crippen LogP contribution in [0.1, 0.15) is 10.4 Å². The van der Waals surface area contributed by atoms with Gasteiger partial charge < -0.3 is 14.7 Å². The summed E-state index contributed by atoms with van der Waals surface area (Å²) in [6, 6.07) is 6.85. The van der Waals surface area contributed by atoms with Crippen molar-refractivity contribution < 1.29 is 14.6 Å². The molecule has 1 rings (SSSR count). The summed E-state index contributed by atoms with van der Waals surface area (Å²) in [5.74, 6) is -0.906. The van der Waals surface area contributed by atoms with Crippen LogP contribution in [-0.4, -0.2) is 38.4 Å². The molecule has 0 radical (unpaired) electrons. The average Bonchev–Trinajstić information content (AvgIpc) is 2.26. The number of rotatable bonds is 5. The van der Waals surface area contributed by atoms with E-state index in [1.807, 2.05) is 18.0 Å². The van der Waals surface area contributed by atoms with E-state index in [0.29, 0.717) is 12.2 Å². The molecular formula is C11H15NO3. The Morgan fingerprint density at radius 1 is 1.53 bits per heavy atom. The number of methoxy groups -OCH3 is 1. The molecular weight excluding hydrogens is 194 g/mol. The number of carboxylic acid groups (broad SMARTS) is 1. The van der Waals surface area contributed by atoms with E-state index in [0.717, 1.165) is 12.2 Å². The Morgan fingerprint density at radius 2 is 2.27 bits per heavy atom. The summed E-state index contributed by atoms with van der Waals surface area (Å²) in [6.07, 6.45) is 0. The number of anilines is 1. The summed E-state index contributed by atoms with van der Waals surface area (Å²) in [5, 5.41) is 8.82. The highest BCUT2D eigenvalue weighted by Gasteiger charge is 2.05. The van der Waals surface area contributed by atoms with Gasteiger partial charge in [-0.1, -0.05) is 6.07 Å². The molecule has 1 N–H and O–H groups in total. The van der Waals surface area contributed by atoms with Crippen molar-refractivity contribution >= 4 is 11.7 Å². The molecule has 0 heterocycles. The normalized spacial score (nSPS) is 10.0. The molecule has 0 saturated carbocycles. The maximum atomic E-state index is 10.7. The fourth-order valence-electron chi connectivity index (χ4n) is 1.23. The Labute approximate surface area is 89.1 Å². The zero-order chi connectivity index (χ0) is 11.3. The van der Waals surface area contributed by atoms with Crippen molar-refractivity contribution in [3.63, 3.8) is 0 Å². The largest absolute Gasteiger partial charge is 0.478 e. The predicted molar refractivity (Wildman–Crippen MR) is 58.5 cm³/mol. The third kappa shape index (κ3) is 3.25. The van der Waals surface area contributed by atoms with E-state index in [9.17, 15) is 4.79 Å². The van der Waals surface area contributed by atoms with Gasteiger partial charge in [-0.2, -0.15) is 0 Å². The smallest absolute Gasteiger partial charge is 0.335 e. The molecule has 0 aliphatic carbocycles. The first-order valence-electron chi connectivity index (χ1n) is 4.68. The lowest BCUT2D eigenvalue weighted by Crippen LogP contribution is -2.22. The standard InChI is InChI=1S/C11H15NO3/c1-12(6-7-15-2)10-5-3-4-9(8-10)11(13)14/h3-5,8H,6-7H2,1-2H3,(H,13,14). The molecule has 0 atom stereocenters. The summed E-state index contributed by atoms with van der Waals surface area (Å²) in [6.45, 7) is 1.35. The minimum atomic E-state index is -0.906. The van der Waals surface area contributed by atoms with Crippen LogP contribution in [0.3, 0.4) is 0 Å². The highest BCUT2D eigenvalue weighted by molar-refractivity contribution is 5.88. The molecule has 0 aromatic heterocycles. The number of nitrogens with zero attached hydrogens (tertiary/aromatic N) is 1. The molecule has 82 valence electrons. The van der Waals surface area contributed by atoms with Crippen LogP contribution in [0.5, 0.6) is 0 Å². The molecule has 1 aromatic carbocycles. The number of aromatic carboxylic acids is 1. The van der Waals surface area contributed by atoms with E-state index in [1.165, 1.54) is 0 Å². The van der Waals surface area contributed by atoms with Crippen molar-refractivity contribution in [2.45, 2.75) is 0 Å². The molecule has 0 fully saturated rings. The van der Waals surface area contributed by atoms with Crippen molar-refractivity contribution in [1.82, 2.24) is 0 Å². The number of hydrogen-bond acceptors (Lipinski definition) is 3. The molecule has 0 aliphatic heterocycles. The highest BCUT2D eigenvalue weighted by atomic mass is 16.5. The van der Waals surface area contributed by atoms with Gasteiger partial charge in [0.05, 0.1) is 12.2 Å². The van der Waals surface area contributed by atoms with Crippen LogP contribution in [0.4, 0.5) is 5.69 Å². The number of hydrogen-bond donors (Lipinski definition) is 1. The van der Waals surface area contributed by atoms with Gasteiger partial charge in [0.2, 0.25) is 0 Å². The van der Waals surface area contributed by atoms with Crippen molar-refractivity contribution in [3.05, 3.63) is 29.8 Å². The third-order valence-electron chi connectivity index (χ3n) is 2.16. The zero-order valence-corrected chi connectivity index (χ0v) is 8.93. The van der Waals surface area contributed by atoms with Gasteiger partial charge in [-0.3, -0.25) is 0 Å². The summed E-state index contributed by atoms with van der Waals surface area (Å²) in [5.41, 5.74) is 1.18. The quantitative estimate of drug-likeness (QED) is 0.797. The molecule has 0 bridgehead atoms.